The van der Waals surface area contributed by atoms with Crippen molar-refractivity contribution in [2.24, 2.45) is 0 Å². The molecule has 152 valence electrons. The Morgan fingerprint density at radius 3 is 1.59 bits per heavy atom. The highest BCUT2D eigenvalue weighted by atomic mass is 16.3. The molecule has 0 saturated heterocycles. The summed E-state index contributed by atoms with van der Waals surface area (Å²) >= 11 is 0. The van der Waals surface area contributed by atoms with Gasteiger partial charge in [-0.2, -0.15) is 0 Å². The number of ketones is 2. The van der Waals surface area contributed by atoms with E-state index in [4.69, 9.17) is 0 Å². The maximum absolute atomic E-state index is 12.3. The molecule has 29 heavy (non-hydrogen) atoms. The first-order valence-corrected chi connectivity index (χ1v) is 10.1. The van der Waals surface area contributed by atoms with Gasteiger partial charge in [-0.25, -0.2) is 0 Å². The SMILES string of the molecule is CC.CC.O=C(Cc1ccc(O)c(CC(=O)c2ccccc2)c1)c1ccccc1. The molecule has 0 spiro atoms. The zero-order valence-corrected chi connectivity index (χ0v) is 17.7. The average molecular weight is 391 g/mol. The molecule has 0 aliphatic carbocycles. The molecule has 0 amide bonds. The van der Waals surface area contributed by atoms with Crippen molar-refractivity contribution in [3.05, 3.63) is 101 Å². The Balaban J connectivity index is 0.000000989. The van der Waals surface area contributed by atoms with E-state index in [0.29, 0.717) is 16.7 Å². The predicted molar refractivity (Wildman–Crippen MR) is 120 cm³/mol. The summed E-state index contributed by atoms with van der Waals surface area (Å²) in [7, 11) is 0. The summed E-state index contributed by atoms with van der Waals surface area (Å²) < 4.78 is 0. The first-order valence-electron chi connectivity index (χ1n) is 10.1. The van der Waals surface area contributed by atoms with E-state index in [0.717, 1.165) is 5.56 Å². The number of rotatable bonds is 6. The second kappa shape index (κ2) is 13.1. The van der Waals surface area contributed by atoms with Crippen molar-refractivity contribution in [2.45, 2.75) is 40.5 Å². The molecular formula is C26H30O3. The van der Waals surface area contributed by atoms with Gasteiger partial charge in [0.1, 0.15) is 5.75 Å². The Morgan fingerprint density at radius 2 is 1.10 bits per heavy atom. The monoisotopic (exact) mass is 390 g/mol. The number of carbonyl (C=O) groups is 2. The normalized spacial score (nSPS) is 9.38. The first kappa shape index (κ1) is 23.8. The van der Waals surface area contributed by atoms with Crippen LogP contribution in [0.4, 0.5) is 0 Å². The highest BCUT2D eigenvalue weighted by Crippen LogP contribution is 2.21. The van der Waals surface area contributed by atoms with Crippen LogP contribution in [0.2, 0.25) is 0 Å². The van der Waals surface area contributed by atoms with E-state index in [9.17, 15) is 14.7 Å². The van der Waals surface area contributed by atoms with Crippen molar-refractivity contribution >= 4 is 11.6 Å². The maximum atomic E-state index is 12.3. The molecule has 0 unspecified atom stereocenters. The summed E-state index contributed by atoms with van der Waals surface area (Å²) in [4.78, 5) is 24.7. The fourth-order valence-corrected chi connectivity index (χ4v) is 2.70. The number of aromatic hydroxyl groups is 1. The molecule has 0 atom stereocenters. The molecule has 0 aliphatic heterocycles. The molecular weight excluding hydrogens is 360 g/mol. The first-order chi connectivity index (χ1) is 14.1. The van der Waals surface area contributed by atoms with Gasteiger partial charge in [0.2, 0.25) is 0 Å². The molecule has 1 N–H and O–H groups in total. The molecule has 3 aromatic rings. The molecule has 3 aromatic carbocycles. The van der Waals surface area contributed by atoms with Gasteiger partial charge in [0.15, 0.2) is 11.6 Å². The largest absolute Gasteiger partial charge is 0.508 e. The lowest BCUT2D eigenvalue weighted by atomic mass is 9.97. The van der Waals surface area contributed by atoms with Gasteiger partial charge in [-0.3, -0.25) is 9.59 Å². The zero-order valence-electron chi connectivity index (χ0n) is 17.7. The van der Waals surface area contributed by atoms with Gasteiger partial charge in [-0.15, -0.1) is 0 Å². The number of benzene rings is 3. The van der Waals surface area contributed by atoms with Gasteiger partial charge < -0.3 is 5.11 Å². The Hall–Kier alpha value is -3.20. The van der Waals surface area contributed by atoms with E-state index in [1.54, 1.807) is 42.5 Å². The van der Waals surface area contributed by atoms with E-state index >= 15 is 0 Å². The van der Waals surface area contributed by atoms with E-state index in [1.807, 2.05) is 64.1 Å². The third-order valence-corrected chi connectivity index (χ3v) is 4.05. The third kappa shape index (κ3) is 7.38. The van der Waals surface area contributed by atoms with Crippen molar-refractivity contribution in [2.75, 3.05) is 0 Å². The molecule has 3 rings (SSSR count). The standard InChI is InChI=1S/C22H18O3.2C2H6/c23-20-12-11-16(14-21(24)17-7-3-1-4-8-17)13-19(20)15-22(25)18-9-5-2-6-10-18;2*1-2/h1-13,23H,14-15H2;2*1-2H3. The topological polar surface area (TPSA) is 54.4 Å². The van der Waals surface area contributed by atoms with Crippen LogP contribution in [0.15, 0.2) is 78.9 Å². The van der Waals surface area contributed by atoms with Crippen LogP contribution in [0.1, 0.15) is 59.5 Å². The average Bonchev–Trinajstić information content (AvgIpc) is 2.80. The van der Waals surface area contributed by atoms with Crippen LogP contribution in [-0.2, 0) is 12.8 Å². The highest BCUT2D eigenvalue weighted by molar-refractivity contribution is 5.98. The second-order valence-corrected chi connectivity index (χ2v) is 5.90. The minimum absolute atomic E-state index is 0.00613. The third-order valence-electron chi connectivity index (χ3n) is 4.05. The Kier molecular flexibility index (Phi) is 10.7. The van der Waals surface area contributed by atoms with Gasteiger partial charge in [-0.05, 0) is 11.6 Å². The Morgan fingerprint density at radius 1 is 0.655 bits per heavy atom. The molecule has 0 radical (unpaired) electrons. The van der Waals surface area contributed by atoms with Crippen molar-refractivity contribution in [3.8, 4) is 5.75 Å². The fourth-order valence-electron chi connectivity index (χ4n) is 2.70. The Bertz CT molecular complexity index is 884. The molecule has 0 saturated carbocycles. The summed E-state index contributed by atoms with van der Waals surface area (Å²) in [5.41, 5.74) is 2.57. The van der Waals surface area contributed by atoms with Gasteiger partial charge in [0.25, 0.3) is 0 Å². The van der Waals surface area contributed by atoms with Crippen molar-refractivity contribution in [1.82, 2.24) is 0 Å². The number of carbonyl (C=O) groups excluding carboxylic acids is 2. The van der Waals surface area contributed by atoms with Crippen LogP contribution in [0.5, 0.6) is 5.75 Å². The lowest BCUT2D eigenvalue weighted by Gasteiger charge is -2.08. The maximum Gasteiger partial charge on any atom is 0.167 e. The number of phenolic OH excluding ortho intramolecular Hbond substituents is 1. The summed E-state index contributed by atoms with van der Waals surface area (Å²) in [5.74, 6) is 0.00857. The molecule has 3 nitrogen and oxygen atoms in total. The molecule has 0 bridgehead atoms. The van der Waals surface area contributed by atoms with Gasteiger partial charge in [0, 0.05) is 29.5 Å². The van der Waals surface area contributed by atoms with Gasteiger partial charge >= 0.3 is 0 Å². The predicted octanol–water partition coefficient (Wildman–Crippen LogP) is 6.30. The van der Waals surface area contributed by atoms with Crippen LogP contribution in [0.3, 0.4) is 0 Å². The zero-order chi connectivity index (χ0) is 21.6. The number of Topliss-reactive ketones (excluding diaryl/α,β-unsaturated/α-hetero) is 2. The van der Waals surface area contributed by atoms with Crippen molar-refractivity contribution in [3.63, 3.8) is 0 Å². The lowest BCUT2D eigenvalue weighted by molar-refractivity contribution is 0.0986. The van der Waals surface area contributed by atoms with E-state index in [-0.39, 0.29) is 30.2 Å². The fraction of sp³-hybridized carbons (Fsp3) is 0.231. The van der Waals surface area contributed by atoms with E-state index < -0.39 is 0 Å². The van der Waals surface area contributed by atoms with Crippen LogP contribution >= 0.6 is 0 Å². The molecule has 3 heteroatoms. The minimum Gasteiger partial charge on any atom is -0.508 e. The molecule has 0 aliphatic rings. The van der Waals surface area contributed by atoms with Gasteiger partial charge in [0.05, 0.1) is 0 Å². The summed E-state index contributed by atoms with van der Waals surface area (Å²) in [6.45, 7) is 8.00. The van der Waals surface area contributed by atoms with E-state index in [1.165, 1.54) is 0 Å². The molecule has 0 fully saturated rings. The van der Waals surface area contributed by atoms with Crippen LogP contribution in [0, 0.1) is 0 Å². The highest BCUT2D eigenvalue weighted by Gasteiger charge is 2.12. The molecule has 0 aromatic heterocycles. The number of hydrogen-bond donors (Lipinski definition) is 1. The van der Waals surface area contributed by atoms with Gasteiger partial charge in [-0.1, -0.05) is 100 Å². The van der Waals surface area contributed by atoms with Crippen molar-refractivity contribution < 1.29 is 14.7 Å². The second-order valence-electron chi connectivity index (χ2n) is 5.90. The number of hydrogen-bond acceptors (Lipinski definition) is 3. The Labute approximate surface area is 174 Å². The minimum atomic E-state index is -0.0672. The smallest absolute Gasteiger partial charge is 0.167 e. The molecule has 0 heterocycles. The summed E-state index contributed by atoms with van der Waals surface area (Å²) in [5, 5.41) is 10.0. The summed E-state index contributed by atoms with van der Waals surface area (Å²) in [6.07, 6.45) is 0.333. The summed E-state index contributed by atoms with van der Waals surface area (Å²) in [6, 6.07) is 23.0. The number of phenols is 1. The van der Waals surface area contributed by atoms with Crippen LogP contribution < -0.4 is 0 Å². The van der Waals surface area contributed by atoms with Crippen LogP contribution in [0.25, 0.3) is 0 Å². The lowest BCUT2D eigenvalue weighted by Crippen LogP contribution is -2.06. The van der Waals surface area contributed by atoms with Crippen molar-refractivity contribution in [1.29, 1.82) is 0 Å². The quantitative estimate of drug-likeness (QED) is 0.503. The van der Waals surface area contributed by atoms with Crippen LogP contribution in [-0.4, -0.2) is 16.7 Å². The van der Waals surface area contributed by atoms with E-state index in [2.05, 4.69) is 0 Å².